The van der Waals surface area contributed by atoms with Crippen molar-refractivity contribution in [2.45, 2.75) is 123 Å². The van der Waals surface area contributed by atoms with Crippen LogP contribution in [0.5, 0.6) is 0 Å². The van der Waals surface area contributed by atoms with Crippen molar-refractivity contribution in [3.63, 3.8) is 0 Å². The highest BCUT2D eigenvalue weighted by Crippen LogP contribution is 2.26. The summed E-state index contributed by atoms with van der Waals surface area (Å²) in [6, 6.07) is 0. The minimum absolute atomic E-state index is 0.307. The molecular weight excluding hydrogens is 1130 g/mol. The van der Waals surface area contributed by atoms with Crippen LogP contribution in [-0.2, 0) is 61.9 Å². The quantitative estimate of drug-likeness (QED) is 0.0277. The second-order valence-corrected chi connectivity index (χ2v) is 19.9. The van der Waals surface area contributed by atoms with Crippen LogP contribution in [0.25, 0.3) is 0 Å². The van der Waals surface area contributed by atoms with Crippen LogP contribution >= 0.6 is 0 Å². The van der Waals surface area contributed by atoms with Crippen LogP contribution in [0.2, 0.25) is 0 Å². The molecule has 4 heterocycles. The average Bonchev–Trinajstić information content (AvgIpc) is 3.56. The monoisotopic (exact) mass is 1220 g/mol. The number of ether oxygens (including phenoxy) is 8. The Balaban J connectivity index is 1.47. The lowest BCUT2D eigenvalue weighted by Gasteiger charge is -2.40. The molecule has 19 N–H and O–H groups in total. The Labute approximate surface area is 473 Å². The largest absolute Gasteiger partial charge is 0.480 e. The summed E-state index contributed by atoms with van der Waals surface area (Å²) in [6.07, 6.45) is -33.5. The van der Waals surface area contributed by atoms with Gasteiger partial charge in [-0.05, 0) is 0 Å². The number of rotatable bonds is 36. The lowest BCUT2D eigenvalue weighted by Crippen LogP contribution is -2.59. The Morgan fingerprint density at radius 1 is 0.301 bits per heavy atom. The summed E-state index contributed by atoms with van der Waals surface area (Å²) in [7, 11) is 0. The van der Waals surface area contributed by atoms with Crippen molar-refractivity contribution in [3.05, 3.63) is 0 Å². The molecule has 37 heteroatoms. The number of carboxylic acids is 3. The predicted octanol–water partition coefficient (Wildman–Crippen LogP) is -13.9. The van der Waals surface area contributed by atoms with Crippen LogP contribution in [0, 0.1) is 0 Å². The Kier molecular flexibility index (Phi) is 30.4. The first-order valence-corrected chi connectivity index (χ1v) is 26.3. The van der Waals surface area contributed by atoms with Gasteiger partial charge in [0.2, 0.25) is 11.8 Å². The molecule has 0 radical (unpaired) electrons. The number of hydrogen-bond acceptors (Lipinski definition) is 32. The van der Waals surface area contributed by atoms with Gasteiger partial charge in [0.25, 0.3) is 0 Å². The van der Waals surface area contributed by atoms with Gasteiger partial charge in [0.05, 0.1) is 85.6 Å². The van der Waals surface area contributed by atoms with Crippen LogP contribution < -0.4 is 0 Å². The Hall–Kier alpha value is -3.73. The van der Waals surface area contributed by atoms with Crippen LogP contribution in [0.4, 0.5) is 0 Å². The van der Waals surface area contributed by atoms with E-state index in [-0.39, 0.29) is 26.2 Å². The fourth-order valence-corrected chi connectivity index (χ4v) is 9.08. The molecule has 4 unspecified atom stereocenters. The first kappa shape index (κ1) is 71.7. The van der Waals surface area contributed by atoms with E-state index in [9.17, 15) is 121 Å². The van der Waals surface area contributed by atoms with Crippen molar-refractivity contribution >= 4 is 29.7 Å². The van der Waals surface area contributed by atoms with Gasteiger partial charge in [0.15, 0.2) is 25.2 Å². The topological polar surface area (TPSA) is 560 Å². The smallest absolute Gasteiger partial charge is 0.317 e. The molecule has 4 saturated heterocycles. The number of aliphatic hydroxyl groups is 16. The molecule has 83 heavy (non-hydrogen) atoms. The molecule has 4 aliphatic rings. The molecule has 4 fully saturated rings. The first-order chi connectivity index (χ1) is 39.3. The SMILES string of the molecule is O=C(O)CN(CCN(CC(=O)O)CC(=O)N(CCOC1O[C@H](CO)[C@H](O)[C@@H](O)[C@@H]1O)CCOC1O[C@H](CO)[C@H](O)[C@@H](O)[C@@H]1O)CCN(CC(=O)O)CC(=O)N(CCOC1O[C@@H](CO)[C@@H](O)[C@H](O)[C@H]1O)CCOC1O[C@@H](CO)[C@@H](O)[C@H](O)[C@H]1O. The van der Waals surface area contributed by atoms with Crippen molar-refractivity contribution in [1.82, 2.24) is 24.5 Å². The molecule has 20 atom stereocenters. The summed E-state index contributed by atoms with van der Waals surface area (Å²) in [6.45, 7) is -11.8. The number of aliphatic hydroxyl groups excluding tert-OH is 16. The van der Waals surface area contributed by atoms with Crippen LogP contribution in [0.3, 0.4) is 0 Å². The van der Waals surface area contributed by atoms with Gasteiger partial charge in [-0.1, -0.05) is 0 Å². The van der Waals surface area contributed by atoms with E-state index in [4.69, 9.17) is 37.9 Å². The van der Waals surface area contributed by atoms with Crippen molar-refractivity contribution in [1.29, 1.82) is 0 Å². The van der Waals surface area contributed by atoms with Gasteiger partial charge >= 0.3 is 17.9 Å². The number of carboxylic acid groups (broad SMARTS) is 3. The van der Waals surface area contributed by atoms with E-state index >= 15 is 0 Å². The van der Waals surface area contributed by atoms with Crippen molar-refractivity contribution < 1.29 is 159 Å². The van der Waals surface area contributed by atoms with Gasteiger partial charge in [-0.25, -0.2) is 0 Å². The van der Waals surface area contributed by atoms with Crippen LogP contribution in [0.15, 0.2) is 0 Å². The van der Waals surface area contributed by atoms with Crippen molar-refractivity contribution in [2.75, 3.05) is 138 Å². The minimum atomic E-state index is -1.83. The maximum absolute atomic E-state index is 14.0. The standard InChI is InChI=1S/C46H81N5O32/c52-18-22-31(64)35(68)39(72)43(80-22)76-9-5-50(6-10-77-44-40(73)36(69)32(65)23(19-53)81-44)26(56)13-48(16-29(60)61)3-1-47(15-28(58)59)2-4-49(17-30(62)63)14-27(57)51(7-11-78-45-41(74)37(70)33(66)24(20-54)82-45)8-12-79-46-42(75)38(71)34(67)25(21-55)83-46/h22-25,31-46,52-55,64-75H,1-21H2,(H,58,59)(H,60,61)(H,62,63)/t22-,23-,24+,25+,31+,32+,33-,34-,35-,36-,37+,38+,39+,40+,41-,42-,43?,44?,45?,46?. The molecule has 37 nitrogen and oxygen atoms in total. The molecule has 0 bridgehead atoms. The molecule has 0 saturated carbocycles. The Bertz CT molecular complexity index is 1760. The Morgan fingerprint density at radius 3 is 0.735 bits per heavy atom. The van der Waals surface area contributed by atoms with Crippen molar-refractivity contribution in [3.8, 4) is 0 Å². The molecule has 0 aromatic heterocycles. The van der Waals surface area contributed by atoms with Gasteiger partial charge < -0.3 is 145 Å². The predicted molar refractivity (Wildman–Crippen MR) is 264 cm³/mol. The molecule has 4 aliphatic heterocycles. The highest BCUT2D eigenvalue weighted by Gasteiger charge is 2.47. The van der Waals surface area contributed by atoms with E-state index < -0.39 is 264 Å². The minimum Gasteiger partial charge on any atom is -0.480 e. The third-order valence-electron chi connectivity index (χ3n) is 13.9. The van der Waals surface area contributed by atoms with Gasteiger partial charge in [-0.3, -0.25) is 38.7 Å². The lowest BCUT2D eigenvalue weighted by molar-refractivity contribution is -0.303. The molecule has 0 aliphatic carbocycles. The van der Waals surface area contributed by atoms with E-state index in [1.807, 2.05) is 0 Å². The van der Waals surface area contributed by atoms with Crippen LogP contribution in [-0.4, -0.2) is 412 Å². The molecular formula is C46H81N5O32. The van der Waals surface area contributed by atoms with Gasteiger partial charge in [0, 0.05) is 52.4 Å². The number of hydrogen-bond donors (Lipinski definition) is 19. The second kappa shape index (κ2) is 35.2. The van der Waals surface area contributed by atoms with Crippen LogP contribution in [0.1, 0.15) is 0 Å². The number of amides is 2. The molecule has 0 aromatic rings. The fraction of sp³-hybridized carbons (Fsp3) is 0.891. The second-order valence-electron chi connectivity index (χ2n) is 19.9. The maximum Gasteiger partial charge on any atom is 0.317 e. The fourth-order valence-electron chi connectivity index (χ4n) is 9.08. The van der Waals surface area contributed by atoms with E-state index in [0.717, 1.165) is 19.6 Å². The molecule has 482 valence electrons. The third-order valence-corrected chi connectivity index (χ3v) is 13.9. The average molecular weight is 1220 g/mol. The lowest BCUT2D eigenvalue weighted by atomic mass is 9.99. The zero-order chi connectivity index (χ0) is 61.8. The normalized spacial score (nSPS) is 34.1. The summed E-state index contributed by atoms with van der Waals surface area (Å²) < 4.78 is 43.5. The number of nitrogens with zero attached hydrogens (tertiary/aromatic N) is 5. The zero-order valence-corrected chi connectivity index (χ0v) is 44.9. The summed E-state index contributed by atoms with van der Waals surface area (Å²) in [5.41, 5.74) is 0. The highest BCUT2D eigenvalue weighted by atomic mass is 16.7. The molecule has 0 aromatic carbocycles. The van der Waals surface area contributed by atoms with Crippen molar-refractivity contribution in [2.24, 2.45) is 0 Å². The molecule has 0 spiro atoms. The summed E-state index contributed by atoms with van der Waals surface area (Å²) in [5.74, 6) is -5.96. The van der Waals surface area contributed by atoms with E-state index in [1.54, 1.807) is 0 Å². The zero-order valence-electron chi connectivity index (χ0n) is 44.9. The summed E-state index contributed by atoms with van der Waals surface area (Å²) >= 11 is 0. The summed E-state index contributed by atoms with van der Waals surface area (Å²) in [4.78, 5) is 70.0. The number of carbonyl (C=O) groups excluding carboxylic acids is 2. The van der Waals surface area contributed by atoms with Gasteiger partial charge in [-0.2, -0.15) is 0 Å². The highest BCUT2D eigenvalue weighted by molar-refractivity contribution is 5.80. The van der Waals surface area contributed by atoms with Gasteiger partial charge in [-0.15, -0.1) is 0 Å². The number of aliphatic carboxylic acids is 3. The molecule has 4 rings (SSSR count). The molecule has 2 amide bonds. The summed E-state index contributed by atoms with van der Waals surface area (Å²) in [5, 5.41) is 191. The Morgan fingerprint density at radius 2 is 0.518 bits per heavy atom. The number of carbonyl (C=O) groups is 5. The van der Waals surface area contributed by atoms with E-state index in [1.165, 1.54) is 4.90 Å². The van der Waals surface area contributed by atoms with E-state index in [0.29, 0.717) is 0 Å². The van der Waals surface area contributed by atoms with E-state index in [2.05, 4.69) is 0 Å². The van der Waals surface area contributed by atoms with Gasteiger partial charge in [0.1, 0.15) is 97.7 Å². The maximum atomic E-state index is 14.0. The third kappa shape index (κ3) is 21.3. The first-order valence-electron chi connectivity index (χ1n) is 26.3.